The Balaban J connectivity index is 1.15. The predicted molar refractivity (Wildman–Crippen MR) is 202 cm³/mol. The van der Waals surface area contributed by atoms with Gasteiger partial charge in [0.05, 0.1) is 26.2 Å². The number of allylic oxidation sites excluding steroid dienone is 1. The number of carbonyl (C=O) groups is 4. The van der Waals surface area contributed by atoms with E-state index < -0.39 is 23.8 Å². The van der Waals surface area contributed by atoms with Crippen molar-refractivity contribution >= 4 is 29.8 Å². The van der Waals surface area contributed by atoms with Crippen LogP contribution in [0.1, 0.15) is 70.4 Å². The van der Waals surface area contributed by atoms with Crippen LogP contribution in [0.2, 0.25) is 0 Å². The standard InChI is InChI=1S/C39H51N7O9/c1-5-19-46-42-36(41-43-46)29-11-9-10-27(25-29)17-23-52-24-18-33(48)45(30-12-7-6-8-13-30)22-21-44(37(49)50)20-16-28-14-15-31(54-38(51)55-39(2,3)4)34-35(28)53-26-32(47)40-34/h5,9-11,14-15,25,30H,1,6-8,12-13,16-24,26H2,2-4H3,(H,40,47)(H,49,50). The molecule has 1 saturated carbocycles. The Hall–Kier alpha value is -5.51. The van der Waals surface area contributed by atoms with Crippen molar-refractivity contribution in [2.24, 2.45) is 0 Å². The minimum absolute atomic E-state index is 0.0410. The summed E-state index contributed by atoms with van der Waals surface area (Å²) < 4.78 is 22.2. The maximum Gasteiger partial charge on any atom is 0.514 e. The zero-order valence-electron chi connectivity index (χ0n) is 31.8. The van der Waals surface area contributed by atoms with E-state index in [1.165, 1.54) is 15.8 Å². The van der Waals surface area contributed by atoms with E-state index in [-0.39, 0.29) is 69.1 Å². The number of hydrogen-bond acceptors (Lipinski definition) is 11. The molecule has 16 nitrogen and oxygen atoms in total. The average molecular weight is 762 g/mol. The van der Waals surface area contributed by atoms with Gasteiger partial charge in [-0.15, -0.1) is 16.8 Å². The molecule has 1 fully saturated rings. The van der Waals surface area contributed by atoms with Crippen molar-refractivity contribution in [3.8, 4) is 22.9 Å². The van der Waals surface area contributed by atoms with Crippen molar-refractivity contribution in [1.82, 2.24) is 30.0 Å². The molecular formula is C39H51N7O9. The molecule has 55 heavy (non-hydrogen) atoms. The van der Waals surface area contributed by atoms with E-state index in [1.807, 2.05) is 29.2 Å². The molecule has 296 valence electrons. The van der Waals surface area contributed by atoms with E-state index in [0.717, 1.165) is 43.2 Å². The summed E-state index contributed by atoms with van der Waals surface area (Å²) in [6, 6.07) is 11.1. The monoisotopic (exact) mass is 761 g/mol. The fraction of sp³-hybridized carbons (Fsp3) is 0.513. The van der Waals surface area contributed by atoms with Gasteiger partial charge in [0.25, 0.3) is 5.91 Å². The van der Waals surface area contributed by atoms with Crippen LogP contribution in [-0.4, -0.2) is 110 Å². The molecular weight excluding hydrogens is 710 g/mol. The number of aromatic nitrogens is 4. The van der Waals surface area contributed by atoms with E-state index in [4.69, 9.17) is 18.9 Å². The third-order valence-corrected chi connectivity index (χ3v) is 9.19. The van der Waals surface area contributed by atoms with Crippen LogP contribution in [0.5, 0.6) is 11.5 Å². The maximum absolute atomic E-state index is 13.6. The van der Waals surface area contributed by atoms with Crippen LogP contribution < -0.4 is 14.8 Å². The first kappa shape index (κ1) is 40.7. The molecule has 0 unspecified atom stereocenters. The van der Waals surface area contributed by atoms with Crippen LogP contribution in [-0.2, 0) is 38.4 Å². The van der Waals surface area contributed by atoms with Crippen molar-refractivity contribution in [1.29, 1.82) is 0 Å². The van der Waals surface area contributed by atoms with Crippen molar-refractivity contribution in [3.63, 3.8) is 0 Å². The largest absolute Gasteiger partial charge is 0.514 e. The van der Waals surface area contributed by atoms with E-state index in [9.17, 15) is 24.3 Å². The SMILES string of the molecule is C=CCn1nnc(-c2cccc(CCOCCC(=O)N(CCN(CCc3ccc(OC(=O)OC(C)(C)C)c4c3OCC(=O)N4)C(=O)O)C3CCCCC3)c2)n1. The number of benzene rings is 2. The Morgan fingerprint density at radius 3 is 2.62 bits per heavy atom. The Kier molecular flexibility index (Phi) is 14.2. The highest BCUT2D eigenvalue weighted by molar-refractivity contribution is 5.98. The highest BCUT2D eigenvalue weighted by atomic mass is 16.7. The average Bonchev–Trinajstić information content (AvgIpc) is 3.62. The number of carbonyl (C=O) groups excluding carboxylic acids is 3. The van der Waals surface area contributed by atoms with Crippen molar-refractivity contribution < 1.29 is 43.2 Å². The number of fused-ring (bicyclic) bond motifs is 1. The molecule has 2 heterocycles. The molecule has 3 amide bonds. The third kappa shape index (κ3) is 12.0. The third-order valence-electron chi connectivity index (χ3n) is 9.19. The number of carboxylic acid groups (broad SMARTS) is 1. The van der Waals surface area contributed by atoms with E-state index in [0.29, 0.717) is 36.7 Å². The lowest BCUT2D eigenvalue weighted by Gasteiger charge is -2.36. The normalized spacial score (nSPS) is 14.3. The number of amides is 3. The molecule has 0 spiro atoms. The van der Waals surface area contributed by atoms with Crippen molar-refractivity contribution in [2.45, 2.75) is 90.3 Å². The van der Waals surface area contributed by atoms with Gasteiger partial charge < -0.3 is 39.2 Å². The molecule has 1 aliphatic heterocycles. The van der Waals surface area contributed by atoms with Crippen molar-refractivity contribution in [3.05, 3.63) is 60.2 Å². The minimum Gasteiger partial charge on any atom is -0.481 e. The smallest absolute Gasteiger partial charge is 0.481 e. The highest BCUT2D eigenvalue weighted by Crippen LogP contribution is 2.40. The van der Waals surface area contributed by atoms with Crippen LogP contribution in [0.4, 0.5) is 15.3 Å². The Bertz CT molecular complexity index is 1820. The van der Waals surface area contributed by atoms with Gasteiger partial charge in [-0.25, -0.2) is 9.59 Å². The molecule has 0 bridgehead atoms. The number of tetrazole rings is 1. The molecule has 1 aliphatic carbocycles. The predicted octanol–water partition coefficient (Wildman–Crippen LogP) is 5.50. The van der Waals surface area contributed by atoms with Crippen molar-refractivity contribution in [2.75, 3.05) is 44.8 Å². The number of nitrogens with zero attached hydrogens (tertiary/aromatic N) is 6. The zero-order valence-corrected chi connectivity index (χ0v) is 31.8. The topological polar surface area (TPSA) is 188 Å². The summed E-state index contributed by atoms with van der Waals surface area (Å²) in [5.74, 6) is 0.391. The summed E-state index contributed by atoms with van der Waals surface area (Å²) in [4.78, 5) is 55.2. The molecule has 3 aromatic rings. The van der Waals surface area contributed by atoms with E-state index in [1.54, 1.807) is 32.9 Å². The highest BCUT2D eigenvalue weighted by Gasteiger charge is 2.29. The molecule has 2 aromatic carbocycles. The number of rotatable bonds is 17. The lowest BCUT2D eigenvalue weighted by atomic mass is 9.94. The second-order valence-electron chi connectivity index (χ2n) is 14.5. The Labute approximate surface area is 320 Å². The molecule has 0 atom stereocenters. The second kappa shape index (κ2) is 19.2. The molecule has 2 N–H and O–H groups in total. The van der Waals surface area contributed by atoms with Gasteiger partial charge >= 0.3 is 12.2 Å². The molecule has 0 radical (unpaired) electrons. The maximum atomic E-state index is 13.6. The summed E-state index contributed by atoms with van der Waals surface area (Å²) >= 11 is 0. The van der Waals surface area contributed by atoms with Gasteiger partial charge in [0.1, 0.15) is 11.3 Å². The van der Waals surface area contributed by atoms with Gasteiger partial charge in [-0.05, 0) is 74.9 Å². The Morgan fingerprint density at radius 2 is 1.87 bits per heavy atom. The summed E-state index contributed by atoms with van der Waals surface area (Å²) in [5.41, 5.74) is 1.91. The summed E-state index contributed by atoms with van der Waals surface area (Å²) in [6.07, 6.45) is 5.61. The first-order valence-corrected chi connectivity index (χ1v) is 18.7. The van der Waals surface area contributed by atoms with Crippen LogP contribution in [0.3, 0.4) is 0 Å². The zero-order chi connectivity index (χ0) is 39.4. The van der Waals surface area contributed by atoms with Crippen LogP contribution >= 0.6 is 0 Å². The van der Waals surface area contributed by atoms with Gasteiger partial charge in [0, 0.05) is 31.2 Å². The van der Waals surface area contributed by atoms with Gasteiger partial charge in [-0.1, -0.05) is 49.6 Å². The summed E-state index contributed by atoms with van der Waals surface area (Å²) in [5, 5.41) is 25.4. The lowest BCUT2D eigenvalue weighted by Crippen LogP contribution is -2.47. The van der Waals surface area contributed by atoms with Gasteiger partial charge in [-0.2, -0.15) is 4.80 Å². The molecule has 5 rings (SSSR count). The van der Waals surface area contributed by atoms with Crippen LogP contribution in [0, 0.1) is 0 Å². The number of nitrogens with one attached hydrogen (secondary N) is 1. The first-order chi connectivity index (χ1) is 26.4. The molecule has 0 saturated heterocycles. The summed E-state index contributed by atoms with van der Waals surface area (Å²) in [6.45, 7) is 10.2. The number of hydrogen-bond donors (Lipinski definition) is 2. The second-order valence-corrected chi connectivity index (χ2v) is 14.5. The minimum atomic E-state index is -1.12. The first-order valence-electron chi connectivity index (χ1n) is 18.7. The fourth-order valence-electron chi connectivity index (χ4n) is 6.55. The van der Waals surface area contributed by atoms with Gasteiger partial charge in [0.2, 0.25) is 11.7 Å². The summed E-state index contributed by atoms with van der Waals surface area (Å²) in [7, 11) is 0. The quantitative estimate of drug-likeness (QED) is 0.0762. The van der Waals surface area contributed by atoms with E-state index in [2.05, 4.69) is 27.3 Å². The van der Waals surface area contributed by atoms with Crippen LogP contribution in [0.25, 0.3) is 11.4 Å². The number of ether oxygens (including phenoxy) is 4. The van der Waals surface area contributed by atoms with Gasteiger partial charge in [-0.3, -0.25) is 9.59 Å². The Morgan fingerprint density at radius 1 is 1.07 bits per heavy atom. The van der Waals surface area contributed by atoms with Gasteiger partial charge in [0.15, 0.2) is 18.1 Å². The molecule has 2 aliphatic rings. The van der Waals surface area contributed by atoms with Crippen LogP contribution in [0.15, 0.2) is 49.1 Å². The lowest BCUT2D eigenvalue weighted by molar-refractivity contribution is -0.135. The molecule has 16 heteroatoms. The fourth-order valence-corrected chi connectivity index (χ4v) is 6.55. The molecule has 1 aromatic heterocycles. The van der Waals surface area contributed by atoms with E-state index >= 15 is 0 Å². The number of anilines is 1.